The van der Waals surface area contributed by atoms with Gasteiger partial charge in [-0.1, -0.05) is 13.8 Å². The zero-order valence-corrected chi connectivity index (χ0v) is 11.0. The normalized spacial score (nSPS) is 13.7. The minimum absolute atomic E-state index is 0.0880. The van der Waals surface area contributed by atoms with Crippen LogP contribution in [0.2, 0.25) is 0 Å². The predicted octanol–water partition coefficient (Wildman–Crippen LogP) is 0.690. The number of nitrogen functional groups attached to an aromatic ring is 1. The summed E-state index contributed by atoms with van der Waals surface area (Å²) in [5, 5.41) is -0.0880. The lowest BCUT2D eigenvalue weighted by Crippen LogP contribution is -2.37. The molecular formula is C10H18N4O2S. The Hall–Kier alpha value is -1.18. The van der Waals surface area contributed by atoms with Crippen LogP contribution in [0.15, 0.2) is 23.4 Å². The summed E-state index contributed by atoms with van der Waals surface area (Å²) in [7, 11) is -3.65. The van der Waals surface area contributed by atoms with Gasteiger partial charge < -0.3 is 5.43 Å². The molecule has 7 heteroatoms. The monoisotopic (exact) mass is 258 g/mol. The molecule has 6 nitrogen and oxygen atoms in total. The van der Waals surface area contributed by atoms with Crippen molar-refractivity contribution < 1.29 is 8.42 Å². The van der Waals surface area contributed by atoms with Crippen molar-refractivity contribution in [2.24, 2.45) is 11.8 Å². The highest BCUT2D eigenvalue weighted by molar-refractivity contribution is 7.89. The van der Waals surface area contributed by atoms with Gasteiger partial charge >= 0.3 is 0 Å². The molecule has 1 unspecified atom stereocenters. The standard InChI is InChI=1S/C10H18N4O2S/c1-7(2)8(3)14-17(15,16)10-9(13-11)5-4-6-12-10/h4-8,13-14H,11H2,1-3H3. The zero-order chi connectivity index (χ0) is 13.1. The Balaban J connectivity index is 3.05. The molecule has 96 valence electrons. The molecule has 0 aliphatic carbocycles. The fourth-order valence-corrected chi connectivity index (χ4v) is 2.64. The molecule has 1 aromatic rings. The molecule has 1 rings (SSSR count). The van der Waals surface area contributed by atoms with Crippen LogP contribution < -0.4 is 16.0 Å². The summed E-state index contributed by atoms with van der Waals surface area (Å²) in [5.74, 6) is 5.45. The molecule has 0 fully saturated rings. The van der Waals surface area contributed by atoms with Crippen LogP contribution in [0.3, 0.4) is 0 Å². The quantitative estimate of drug-likeness (QED) is 0.533. The van der Waals surface area contributed by atoms with Gasteiger partial charge in [-0.15, -0.1) is 0 Å². The van der Waals surface area contributed by atoms with E-state index in [9.17, 15) is 8.42 Å². The first-order valence-electron chi connectivity index (χ1n) is 5.32. The first-order chi connectivity index (χ1) is 7.88. The highest BCUT2D eigenvalue weighted by Gasteiger charge is 2.23. The lowest BCUT2D eigenvalue weighted by Gasteiger charge is -2.18. The van der Waals surface area contributed by atoms with Crippen molar-refractivity contribution in [3.05, 3.63) is 18.3 Å². The summed E-state index contributed by atoms with van der Waals surface area (Å²) in [4.78, 5) is 3.84. The van der Waals surface area contributed by atoms with Gasteiger partial charge in [0.1, 0.15) is 0 Å². The van der Waals surface area contributed by atoms with Crippen molar-refractivity contribution in [1.82, 2.24) is 9.71 Å². The third-order valence-corrected chi connectivity index (χ3v) is 4.04. The summed E-state index contributed by atoms with van der Waals surface area (Å²) in [6.07, 6.45) is 1.41. The lowest BCUT2D eigenvalue weighted by atomic mass is 10.1. The van der Waals surface area contributed by atoms with E-state index < -0.39 is 10.0 Å². The zero-order valence-electron chi connectivity index (χ0n) is 10.1. The second kappa shape index (κ2) is 5.44. The van der Waals surface area contributed by atoms with Gasteiger partial charge in [-0.2, -0.15) is 0 Å². The maximum Gasteiger partial charge on any atom is 0.260 e. The van der Waals surface area contributed by atoms with Crippen LogP contribution in [0.5, 0.6) is 0 Å². The highest BCUT2D eigenvalue weighted by atomic mass is 32.2. The van der Waals surface area contributed by atoms with Crippen LogP contribution in [-0.4, -0.2) is 19.4 Å². The SMILES string of the molecule is CC(C)C(C)NS(=O)(=O)c1ncccc1NN. The molecule has 0 saturated heterocycles. The number of sulfonamides is 1. The summed E-state index contributed by atoms with van der Waals surface area (Å²) >= 11 is 0. The van der Waals surface area contributed by atoms with E-state index in [1.165, 1.54) is 6.20 Å². The van der Waals surface area contributed by atoms with E-state index in [4.69, 9.17) is 5.84 Å². The molecule has 1 aromatic heterocycles. The van der Waals surface area contributed by atoms with E-state index in [0.717, 1.165) is 0 Å². The van der Waals surface area contributed by atoms with Crippen molar-refractivity contribution in [3.63, 3.8) is 0 Å². The number of aromatic nitrogens is 1. The molecule has 0 bridgehead atoms. The molecule has 0 aliphatic heterocycles. The van der Waals surface area contributed by atoms with Crippen LogP contribution >= 0.6 is 0 Å². The van der Waals surface area contributed by atoms with Gasteiger partial charge in [-0.3, -0.25) is 5.84 Å². The van der Waals surface area contributed by atoms with Gasteiger partial charge in [0, 0.05) is 12.2 Å². The topological polar surface area (TPSA) is 97.1 Å². The summed E-state index contributed by atoms with van der Waals surface area (Å²) < 4.78 is 26.7. The molecule has 0 aromatic carbocycles. The van der Waals surface area contributed by atoms with E-state index >= 15 is 0 Å². The van der Waals surface area contributed by atoms with Gasteiger partial charge in [0.2, 0.25) is 0 Å². The number of nitrogens with zero attached hydrogens (tertiary/aromatic N) is 1. The Bertz CT molecular complexity index is 473. The molecule has 1 heterocycles. The Kier molecular flexibility index (Phi) is 4.44. The molecule has 0 spiro atoms. The molecule has 4 N–H and O–H groups in total. The van der Waals surface area contributed by atoms with Crippen LogP contribution in [0.25, 0.3) is 0 Å². The summed E-state index contributed by atoms with van der Waals surface area (Å²) in [6, 6.07) is 2.99. The minimum atomic E-state index is -3.65. The number of hydrogen-bond donors (Lipinski definition) is 3. The maximum absolute atomic E-state index is 12.1. The number of hydrogen-bond acceptors (Lipinski definition) is 5. The van der Waals surface area contributed by atoms with Crippen molar-refractivity contribution >= 4 is 15.7 Å². The van der Waals surface area contributed by atoms with Gasteiger partial charge in [-0.25, -0.2) is 18.1 Å². The second-order valence-electron chi connectivity index (χ2n) is 4.15. The Morgan fingerprint density at radius 3 is 2.53 bits per heavy atom. The number of nitrogens with two attached hydrogens (primary N) is 1. The van der Waals surface area contributed by atoms with E-state index in [1.54, 1.807) is 19.1 Å². The average molecular weight is 258 g/mol. The molecule has 17 heavy (non-hydrogen) atoms. The summed E-state index contributed by atoms with van der Waals surface area (Å²) in [5.41, 5.74) is 2.60. The van der Waals surface area contributed by atoms with Crippen LogP contribution in [-0.2, 0) is 10.0 Å². The summed E-state index contributed by atoms with van der Waals surface area (Å²) in [6.45, 7) is 5.68. The molecule has 1 atom stereocenters. The first kappa shape index (κ1) is 13.9. The first-order valence-corrected chi connectivity index (χ1v) is 6.80. The Morgan fingerprint density at radius 2 is 2.00 bits per heavy atom. The van der Waals surface area contributed by atoms with E-state index in [2.05, 4.69) is 15.1 Å². The molecule has 0 aliphatic rings. The van der Waals surface area contributed by atoms with Crippen LogP contribution in [0.1, 0.15) is 20.8 Å². The van der Waals surface area contributed by atoms with Crippen molar-refractivity contribution in [3.8, 4) is 0 Å². The third-order valence-electron chi connectivity index (χ3n) is 2.52. The van der Waals surface area contributed by atoms with E-state index in [-0.39, 0.29) is 22.7 Å². The number of pyridine rings is 1. The Labute approximate surface area is 102 Å². The molecule has 0 saturated carbocycles. The van der Waals surface area contributed by atoms with Crippen LogP contribution in [0.4, 0.5) is 5.69 Å². The number of rotatable bonds is 5. The largest absolute Gasteiger partial charge is 0.321 e. The highest BCUT2D eigenvalue weighted by Crippen LogP contribution is 2.17. The predicted molar refractivity (Wildman–Crippen MR) is 66.7 cm³/mol. The molecular weight excluding hydrogens is 240 g/mol. The fourth-order valence-electron chi connectivity index (χ4n) is 1.15. The van der Waals surface area contributed by atoms with Crippen molar-refractivity contribution in [2.75, 3.05) is 5.43 Å². The Morgan fingerprint density at radius 1 is 1.35 bits per heavy atom. The number of anilines is 1. The van der Waals surface area contributed by atoms with Gasteiger partial charge in [0.05, 0.1) is 5.69 Å². The van der Waals surface area contributed by atoms with Gasteiger partial charge in [0.15, 0.2) is 5.03 Å². The maximum atomic E-state index is 12.1. The van der Waals surface area contributed by atoms with E-state index in [0.29, 0.717) is 0 Å². The third kappa shape index (κ3) is 3.39. The van der Waals surface area contributed by atoms with Crippen LogP contribution in [0, 0.1) is 5.92 Å². The van der Waals surface area contributed by atoms with E-state index in [1.807, 2.05) is 13.8 Å². The average Bonchev–Trinajstić information content (AvgIpc) is 2.28. The number of hydrazine groups is 1. The van der Waals surface area contributed by atoms with Crippen molar-refractivity contribution in [1.29, 1.82) is 0 Å². The molecule has 0 amide bonds. The molecule has 0 radical (unpaired) electrons. The fraction of sp³-hybridized carbons (Fsp3) is 0.500. The second-order valence-corrected chi connectivity index (χ2v) is 5.78. The van der Waals surface area contributed by atoms with Crippen molar-refractivity contribution in [2.45, 2.75) is 31.8 Å². The van der Waals surface area contributed by atoms with Gasteiger partial charge in [-0.05, 0) is 25.0 Å². The minimum Gasteiger partial charge on any atom is -0.321 e. The lowest BCUT2D eigenvalue weighted by molar-refractivity contribution is 0.475. The number of nitrogens with one attached hydrogen (secondary N) is 2. The smallest absolute Gasteiger partial charge is 0.260 e. The van der Waals surface area contributed by atoms with Gasteiger partial charge in [0.25, 0.3) is 10.0 Å².